The van der Waals surface area contributed by atoms with Crippen LogP contribution in [0.25, 0.3) is 0 Å². The fourth-order valence-electron chi connectivity index (χ4n) is 2.51. The SMILES string of the molecule is O=C(Cc1ccc(F)cc1F)NC1CCCC1CCl. The van der Waals surface area contributed by atoms with E-state index in [1.54, 1.807) is 0 Å². The number of hydrogen-bond donors (Lipinski definition) is 1. The zero-order chi connectivity index (χ0) is 13.8. The maximum Gasteiger partial charge on any atom is 0.224 e. The summed E-state index contributed by atoms with van der Waals surface area (Å²) in [5.41, 5.74) is 0.208. The van der Waals surface area contributed by atoms with Gasteiger partial charge in [0.2, 0.25) is 5.91 Å². The van der Waals surface area contributed by atoms with Gasteiger partial charge >= 0.3 is 0 Å². The lowest BCUT2D eigenvalue weighted by Gasteiger charge is -2.18. The minimum atomic E-state index is -0.685. The summed E-state index contributed by atoms with van der Waals surface area (Å²) in [4.78, 5) is 11.9. The number of hydrogen-bond acceptors (Lipinski definition) is 1. The van der Waals surface area contributed by atoms with Gasteiger partial charge in [0, 0.05) is 18.0 Å². The molecule has 1 aliphatic rings. The van der Waals surface area contributed by atoms with E-state index < -0.39 is 11.6 Å². The number of carbonyl (C=O) groups is 1. The van der Waals surface area contributed by atoms with Gasteiger partial charge in [-0.15, -0.1) is 11.6 Å². The first-order valence-electron chi connectivity index (χ1n) is 6.39. The fourth-order valence-corrected chi connectivity index (χ4v) is 2.88. The molecule has 2 rings (SSSR count). The van der Waals surface area contributed by atoms with Crippen molar-refractivity contribution in [2.75, 3.05) is 5.88 Å². The third-order valence-corrected chi connectivity index (χ3v) is 3.97. The van der Waals surface area contributed by atoms with Crippen molar-refractivity contribution in [3.63, 3.8) is 0 Å². The topological polar surface area (TPSA) is 29.1 Å². The van der Waals surface area contributed by atoms with Gasteiger partial charge in [-0.1, -0.05) is 12.5 Å². The molecule has 0 bridgehead atoms. The monoisotopic (exact) mass is 287 g/mol. The fraction of sp³-hybridized carbons (Fsp3) is 0.500. The Balaban J connectivity index is 1.94. The van der Waals surface area contributed by atoms with Crippen LogP contribution >= 0.6 is 11.6 Å². The minimum Gasteiger partial charge on any atom is -0.353 e. The molecule has 0 aromatic heterocycles. The highest BCUT2D eigenvalue weighted by atomic mass is 35.5. The number of rotatable bonds is 4. The zero-order valence-corrected chi connectivity index (χ0v) is 11.2. The van der Waals surface area contributed by atoms with Crippen molar-refractivity contribution in [3.05, 3.63) is 35.4 Å². The Morgan fingerprint density at radius 3 is 2.84 bits per heavy atom. The lowest BCUT2D eigenvalue weighted by Crippen LogP contribution is -2.38. The van der Waals surface area contributed by atoms with Gasteiger partial charge in [0.15, 0.2) is 0 Å². The van der Waals surface area contributed by atoms with Gasteiger partial charge < -0.3 is 5.32 Å². The van der Waals surface area contributed by atoms with Crippen LogP contribution in [0.1, 0.15) is 24.8 Å². The van der Waals surface area contributed by atoms with Crippen molar-refractivity contribution >= 4 is 17.5 Å². The first-order valence-corrected chi connectivity index (χ1v) is 6.93. The largest absolute Gasteiger partial charge is 0.353 e. The highest BCUT2D eigenvalue weighted by Crippen LogP contribution is 2.26. The Bertz CT molecular complexity index is 467. The molecule has 0 saturated heterocycles. The van der Waals surface area contributed by atoms with Gasteiger partial charge in [0.25, 0.3) is 0 Å². The third-order valence-electron chi connectivity index (χ3n) is 3.57. The molecule has 0 spiro atoms. The van der Waals surface area contributed by atoms with E-state index in [1.165, 1.54) is 6.07 Å². The summed E-state index contributed by atoms with van der Waals surface area (Å²) in [7, 11) is 0. The van der Waals surface area contributed by atoms with Gasteiger partial charge in [-0.3, -0.25) is 4.79 Å². The molecule has 1 aromatic carbocycles. The van der Waals surface area contributed by atoms with Crippen LogP contribution in [0.5, 0.6) is 0 Å². The normalized spacial score (nSPS) is 22.5. The number of nitrogens with one attached hydrogen (secondary N) is 1. The van der Waals surface area contributed by atoms with E-state index in [1.807, 2.05) is 0 Å². The highest BCUT2D eigenvalue weighted by molar-refractivity contribution is 6.18. The van der Waals surface area contributed by atoms with E-state index in [4.69, 9.17) is 11.6 Å². The van der Waals surface area contributed by atoms with E-state index in [2.05, 4.69) is 5.32 Å². The summed E-state index contributed by atoms with van der Waals surface area (Å²) in [5, 5.41) is 2.89. The van der Waals surface area contributed by atoms with Crippen molar-refractivity contribution in [3.8, 4) is 0 Å². The molecule has 5 heteroatoms. The van der Waals surface area contributed by atoms with E-state index in [9.17, 15) is 13.6 Å². The zero-order valence-electron chi connectivity index (χ0n) is 10.5. The Morgan fingerprint density at radius 1 is 1.37 bits per heavy atom. The van der Waals surface area contributed by atoms with E-state index in [0.29, 0.717) is 11.8 Å². The van der Waals surface area contributed by atoms with Crippen molar-refractivity contribution in [1.82, 2.24) is 5.32 Å². The van der Waals surface area contributed by atoms with Crippen molar-refractivity contribution in [1.29, 1.82) is 0 Å². The molecule has 1 aliphatic carbocycles. The standard InChI is InChI=1S/C14H16ClF2NO/c15-8-10-2-1-3-13(10)18-14(19)6-9-4-5-11(16)7-12(9)17/h4-5,7,10,13H,1-3,6,8H2,(H,18,19). The molecule has 2 atom stereocenters. The molecule has 1 saturated carbocycles. The number of carbonyl (C=O) groups excluding carboxylic acids is 1. The summed E-state index contributed by atoms with van der Waals surface area (Å²) in [5.74, 6) is -0.748. The first-order chi connectivity index (χ1) is 9.10. The Labute approximate surface area is 116 Å². The van der Waals surface area contributed by atoms with Crippen LogP contribution < -0.4 is 5.32 Å². The van der Waals surface area contributed by atoms with Crippen LogP contribution in [-0.2, 0) is 11.2 Å². The molecule has 1 aromatic rings. The molecular weight excluding hydrogens is 272 g/mol. The molecule has 2 nitrogen and oxygen atoms in total. The number of amides is 1. The van der Waals surface area contributed by atoms with Gasteiger partial charge in [-0.05, 0) is 30.4 Å². The maximum absolute atomic E-state index is 13.4. The Hall–Kier alpha value is -1.16. The van der Waals surface area contributed by atoms with Crippen molar-refractivity contribution in [2.45, 2.75) is 31.7 Å². The Kier molecular flexibility index (Phi) is 4.75. The van der Waals surface area contributed by atoms with E-state index in [0.717, 1.165) is 31.4 Å². The predicted molar refractivity (Wildman–Crippen MR) is 70.1 cm³/mol. The van der Waals surface area contributed by atoms with E-state index >= 15 is 0 Å². The molecule has 104 valence electrons. The van der Waals surface area contributed by atoms with Crippen LogP contribution in [0.4, 0.5) is 8.78 Å². The number of benzene rings is 1. The van der Waals surface area contributed by atoms with Crippen LogP contribution in [0.3, 0.4) is 0 Å². The molecule has 2 unspecified atom stereocenters. The summed E-state index contributed by atoms with van der Waals surface area (Å²) in [6.45, 7) is 0. The summed E-state index contributed by atoms with van der Waals surface area (Å²) < 4.78 is 26.2. The second-order valence-electron chi connectivity index (χ2n) is 4.93. The minimum absolute atomic E-state index is 0.0718. The summed E-state index contributed by atoms with van der Waals surface area (Å²) in [6.07, 6.45) is 2.90. The molecule has 1 fully saturated rings. The molecule has 0 aliphatic heterocycles. The molecule has 19 heavy (non-hydrogen) atoms. The molecule has 1 N–H and O–H groups in total. The van der Waals surface area contributed by atoms with Gasteiger partial charge in [0.1, 0.15) is 11.6 Å². The van der Waals surface area contributed by atoms with Gasteiger partial charge in [0.05, 0.1) is 6.42 Å². The number of halogens is 3. The van der Waals surface area contributed by atoms with Gasteiger partial charge in [-0.2, -0.15) is 0 Å². The molecular formula is C14H16ClF2NO. The van der Waals surface area contributed by atoms with Gasteiger partial charge in [-0.25, -0.2) is 8.78 Å². The van der Waals surface area contributed by atoms with E-state index in [-0.39, 0.29) is 23.9 Å². The van der Waals surface area contributed by atoms with Crippen molar-refractivity contribution in [2.24, 2.45) is 5.92 Å². The average Bonchev–Trinajstić information content (AvgIpc) is 2.80. The van der Waals surface area contributed by atoms with Crippen LogP contribution in [0.2, 0.25) is 0 Å². The third kappa shape index (κ3) is 3.66. The predicted octanol–water partition coefficient (Wildman–Crippen LogP) is 3.03. The average molecular weight is 288 g/mol. The lowest BCUT2D eigenvalue weighted by atomic mass is 10.1. The number of alkyl halides is 1. The van der Waals surface area contributed by atoms with Crippen LogP contribution in [0, 0.1) is 17.6 Å². The smallest absolute Gasteiger partial charge is 0.224 e. The molecule has 0 radical (unpaired) electrons. The second kappa shape index (κ2) is 6.33. The molecule has 0 heterocycles. The van der Waals surface area contributed by atoms with Crippen LogP contribution in [0.15, 0.2) is 18.2 Å². The summed E-state index contributed by atoms with van der Waals surface area (Å²) in [6, 6.07) is 3.33. The first kappa shape index (κ1) is 14.3. The Morgan fingerprint density at radius 2 is 2.16 bits per heavy atom. The maximum atomic E-state index is 13.4. The summed E-state index contributed by atoms with van der Waals surface area (Å²) >= 11 is 5.84. The lowest BCUT2D eigenvalue weighted by molar-refractivity contribution is -0.121. The highest BCUT2D eigenvalue weighted by Gasteiger charge is 2.27. The molecule has 1 amide bonds. The van der Waals surface area contributed by atoms with Crippen molar-refractivity contribution < 1.29 is 13.6 Å². The quantitative estimate of drug-likeness (QED) is 0.848. The second-order valence-corrected chi connectivity index (χ2v) is 5.24. The van der Waals surface area contributed by atoms with Crippen LogP contribution in [-0.4, -0.2) is 17.8 Å².